The summed E-state index contributed by atoms with van der Waals surface area (Å²) < 4.78 is 5.85. The molecule has 0 aliphatic heterocycles. The van der Waals surface area contributed by atoms with E-state index in [4.69, 9.17) is 10.5 Å². The van der Waals surface area contributed by atoms with E-state index < -0.39 is 0 Å². The SMILES string of the molecule is CCCNC(COc1ccccc1)Cc1cnccc1N. The average molecular weight is 285 g/mol. The molecule has 21 heavy (non-hydrogen) atoms. The zero-order valence-electron chi connectivity index (χ0n) is 12.5. The van der Waals surface area contributed by atoms with E-state index in [9.17, 15) is 0 Å². The maximum atomic E-state index is 6.00. The summed E-state index contributed by atoms with van der Waals surface area (Å²) in [4.78, 5) is 4.15. The number of nitrogens with one attached hydrogen (secondary N) is 1. The van der Waals surface area contributed by atoms with E-state index in [1.54, 1.807) is 6.20 Å². The molecule has 4 heteroatoms. The number of anilines is 1. The first kappa shape index (κ1) is 15.3. The van der Waals surface area contributed by atoms with Gasteiger partial charge in [-0.05, 0) is 43.1 Å². The number of ether oxygens (including phenoxy) is 1. The van der Waals surface area contributed by atoms with Crippen LogP contribution in [0.5, 0.6) is 5.75 Å². The van der Waals surface area contributed by atoms with Gasteiger partial charge in [0.2, 0.25) is 0 Å². The van der Waals surface area contributed by atoms with Crippen LogP contribution in [0.25, 0.3) is 0 Å². The third-order valence-electron chi connectivity index (χ3n) is 3.29. The lowest BCUT2D eigenvalue weighted by molar-refractivity contribution is 0.263. The first-order valence-electron chi connectivity index (χ1n) is 7.39. The van der Waals surface area contributed by atoms with Crippen LogP contribution >= 0.6 is 0 Å². The van der Waals surface area contributed by atoms with Crippen molar-refractivity contribution in [1.29, 1.82) is 0 Å². The van der Waals surface area contributed by atoms with Gasteiger partial charge in [-0.25, -0.2) is 0 Å². The molecule has 2 aromatic rings. The van der Waals surface area contributed by atoms with Gasteiger partial charge in [0.25, 0.3) is 0 Å². The molecule has 1 heterocycles. The molecule has 3 N–H and O–H groups in total. The van der Waals surface area contributed by atoms with E-state index in [0.29, 0.717) is 6.61 Å². The Morgan fingerprint density at radius 3 is 2.76 bits per heavy atom. The van der Waals surface area contributed by atoms with Crippen molar-refractivity contribution in [3.05, 3.63) is 54.4 Å². The zero-order valence-corrected chi connectivity index (χ0v) is 12.5. The molecule has 0 saturated heterocycles. The minimum atomic E-state index is 0.219. The van der Waals surface area contributed by atoms with Crippen LogP contribution in [0.1, 0.15) is 18.9 Å². The summed E-state index contributed by atoms with van der Waals surface area (Å²) in [6, 6.07) is 11.9. The summed E-state index contributed by atoms with van der Waals surface area (Å²) in [7, 11) is 0. The Morgan fingerprint density at radius 1 is 1.24 bits per heavy atom. The van der Waals surface area contributed by atoms with Gasteiger partial charge < -0.3 is 15.8 Å². The number of benzene rings is 1. The number of nitrogens with two attached hydrogens (primary N) is 1. The average Bonchev–Trinajstić information content (AvgIpc) is 2.53. The van der Waals surface area contributed by atoms with Crippen LogP contribution in [-0.4, -0.2) is 24.2 Å². The molecule has 1 aromatic carbocycles. The number of hydrogen-bond donors (Lipinski definition) is 2. The van der Waals surface area contributed by atoms with Gasteiger partial charge >= 0.3 is 0 Å². The predicted octanol–water partition coefficient (Wildman–Crippen LogP) is 2.65. The Morgan fingerprint density at radius 2 is 2.05 bits per heavy atom. The van der Waals surface area contributed by atoms with Crippen molar-refractivity contribution >= 4 is 5.69 Å². The topological polar surface area (TPSA) is 60.2 Å². The van der Waals surface area contributed by atoms with Crippen LogP contribution in [0.2, 0.25) is 0 Å². The van der Waals surface area contributed by atoms with Crippen molar-refractivity contribution in [3.63, 3.8) is 0 Å². The summed E-state index contributed by atoms with van der Waals surface area (Å²) in [5.74, 6) is 0.889. The second kappa shape index (κ2) is 8.27. The molecule has 4 nitrogen and oxygen atoms in total. The molecule has 112 valence electrons. The summed E-state index contributed by atoms with van der Waals surface area (Å²) in [5.41, 5.74) is 7.84. The summed E-state index contributed by atoms with van der Waals surface area (Å²) in [5, 5.41) is 3.51. The van der Waals surface area contributed by atoms with Gasteiger partial charge in [0, 0.05) is 24.1 Å². The van der Waals surface area contributed by atoms with Gasteiger partial charge in [-0.15, -0.1) is 0 Å². The molecule has 0 spiro atoms. The molecule has 0 radical (unpaired) electrons. The zero-order chi connectivity index (χ0) is 14.9. The van der Waals surface area contributed by atoms with Crippen molar-refractivity contribution in [3.8, 4) is 5.75 Å². The van der Waals surface area contributed by atoms with Gasteiger partial charge in [-0.3, -0.25) is 4.98 Å². The first-order chi connectivity index (χ1) is 10.3. The lowest BCUT2D eigenvalue weighted by Crippen LogP contribution is -2.37. The van der Waals surface area contributed by atoms with E-state index in [2.05, 4.69) is 17.2 Å². The smallest absolute Gasteiger partial charge is 0.119 e. The van der Waals surface area contributed by atoms with E-state index >= 15 is 0 Å². The van der Waals surface area contributed by atoms with Gasteiger partial charge in [0.15, 0.2) is 0 Å². The highest BCUT2D eigenvalue weighted by molar-refractivity contribution is 5.44. The van der Waals surface area contributed by atoms with Crippen LogP contribution in [0, 0.1) is 0 Å². The van der Waals surface area contributed by atoms with Crippen molar-refractivity contribution < 1.29 is 4.74 Å². The van der Waals surface area contributed by atoms with Gasteiger partial charge in [-0.2, -0.15) is 0 Å². The monoisotopic (exact) mass is 285 g/mol. The third kappa shape index (κ3) is 5.08. The lowest BCUT2D eigenvalue weighted by Gasteiger charge is -2.20. The summed E-state index contributed by atoms with van der Waals surface area (Å²) >= 11 is 0. The molecule has 0 aliphatic rings. The maximum Gasteiger partial charge on any atom is 0.119 e. The molecule has 2 rings (SSSR count). The Labute approximate surface area is 126 Å². The molecular weight excluding hydrogens is 262 g/mol. The molecule has 1 atom stereocenters. The highest BCUT2D eigenvalue weighted by Crippen LogP contribution is 2.13. The highest BCUT2D eigenvalue weighted by Gasteiger charge is 2.12. The molecule has 0 bridgehead atoms. The van der Waals surface area contributed by atoms with Crippen LogP contribution in [0.15, 0.2) is 48.8 Å². The summed E-state index contributed by atoms with van der Waals surface area (Å²) in [6.07, 6.45) is 5.45. The molecule has 1 aromatic heterocycles. The maximum absolute atomic E-state index is 6.00. The number of nitrogens with zero attached hydrogens (tertiary/aromatic N) is 1. The van der Waals surface area contributed by atoms with Crippen LogP contribution < -0.4 is 15.8 Å². The van der Waals surface area contributed by atoms with Crippen LogP contribution in [-0.2, 0) is 6.42 Å². The summed E-state index contributed by atoms with van der Waals surface area (Å²) in [6.45, 7) is 3.72. The number of hydrogen-bond acceptors (Lipinski definition) is 4. The molecule has 0 saturated carbocycles. The number of nitrogen functional groups attached to an aromatic ring is 1. The third-order valence-corrected chi connectivity index (χ3v) is 3.29. The minimum absolute atomic E-state index is 0.219. The minimum Gasteiger partial charge on any atom is -0.492 e. The van der Waals surface area contributed by atoms with E-state index in [1.165, 1.54) is 0 Å². The fourth-order valence-corrected chi connectivity index (χ4v) is 2.13. The highest BCUT2D eigenvalue weighted by atomic mass is 16.5. The Balaban J connectivity index is 1.96. The molecular formula is C17H23N3O. The predicted molar refractivity (Wildman–Crippen MR) is 86.4 cm³/mol. The van der Waals surface area contributed by atoms with E-state index in [1.807, 2.05) is 42.6 Å². The molecule has 0 amide bonds. The normalized spacial score (nSPS) is 12.0. The van der Waals surface area contributed by atoms with E-state index in [0.717, 1.165) is 36.4 Å². The quantitative estimate of drug-likeness (QED) is 0.783. The largest absolute Gasteiger partial charge is 0.492 e. The standard InChI is InChI=1S/C17H23N3O/c1-2-9-20-15(11-14-12-19-10-8-17(14)18)13-21-16-6-4-3-5-7-16/h3-8,10,12,15,20H,2,9,11,13H2,1H3,(H2,18,19). The van der Waals surface area contributed by atoms with Crippen LogP contribution in [0.3, 0.4) is 0 Å². The van der Waals surface area contributed by atoms with Crippen LogP contribution in [0.4, 0.5) is 5.69 Å². The van der Waals surface area contributed by atoms with E-state index in [-0.39, 0.29) is 6.04 Å². The molecule has 1 unspecified atom stereocenters. The van der Waals surface area contributed by atoms with Gasteiger partial charge in [-0.1, -0.05) is 25.1 Å². The Kier molecular flexibility index (Phi) is 6.03. The lowest BCUT2D eigenvalue weighted by atomic mass is 10.1. The van der Waals surface area contributed by atoms with Gasteiger partial charge in [0.1, 0.15) is 12.4 Å². The van der Waals surface area contributed by atoms with Crippen molar-refractivity contribution in [2.75, 3.05) is 18.9 Å². The number of rotatable bonds is 8. The Hall–Kier alpha value is -2.07. The van der Waals surface area contributed by atoms with Crippen molar-refractivity contribution in [1.82, 2.24) is 10.3 Å². The molecule has 0 aliphatic carbocycles. The fourth-order valence-electron chi connectivity index (χ4n) is 2.13. The van der Waals surface area contributed by atoms with Crippen molar-refractivity contribution in [2.45, 2.75) is 25.8 Å². The number of para-hydroxylation sites is 1. The van der Waals surface area contributed by atoms with Crippen molar-refractivity contribution in [2.24, 2.45) is 0 Å². The second-order valence-electron chi connectivity index (χ2n) is 5.05. The fraction of sp³-hybridized carbons (Fsp3) is 0.353. The second-order valence-corrected chi connectivity index (χ2v) is 5.05. The number of aromatic nitrogens is 1. The first-order valence-corrected chi connectivity index (χ1v) is 7.39. The number of pyridine rings is 1. The molecule has 0 fully saturated rings. The van der Waals surface area contributed by atoms with Gasteiger partial charge in [0.05, 0.1) is 0 Å². The Bertz CT molecular complexity index is 531.